The molecule has 10 heavy (non-hydrogen) atoms. The molecule has 0 atom stereocenters. The lowest BCUT2D eigenvalue weighted by Gasteiger charge is -1.92. The van der Waals surface area contributed by atoms with Crippen LogP contribution < -0.4 is 0 Å². The number of nitrogens with zero attached hydrogens (tertiary/aromatic N) is 3. The summed E-state index contributed by atoms with van der Waals surface area (Å²) >= 11 is 0. The summed E-state index contributed by atoms with van der Waals surface area (Å²) in [6, 6.07) is 0. The first-order chi connectivity index (χ1) is 4.84. The van der Waals surface area contributed by atoms with Crippen LogP contribution in [0.15, 0.2) is 6.20 Å². The lowest BCUT2D eigenvalue weighted by atomic mass is 10.4. The van der Waals surface area contributed by atoms with Crippen molar-refractivity contribution in [2.45, 2.75) is 19.4 Å². The molecule has 1 aromatic heterocycles. The molecule has 1 aliphatic rings. The normalized spacial score (nSPS) is 17.6. The van der Waals surface area contributed by atoms with Crippen molar-refractivity contribution in [1.82, 2.24) is 15.0 Å². The molecule has 0 radical (unpaired) electrons. The fraction of sp³-hybridized carbons (Fsp3) is 0.667. The molecule has 0 amide bonds. The molecule has 4 heteroatoms. The maximum Gasteiger partial charge on any atom is 0.251 e. The lowest BCUT2D eigenvalue weighted by molar-refractivity contribution is 0.452. The molecule has 0 saturated heterocycles. The van der Waals surface area contributed by atoms with Crippen LogP contribution in [0.2, 0.25) is 0 Å². The summed E-state index contributed by atoms with van der Waals surface area (Å²) in [6.45, 7) is 0.910. The van der Waals surface area contributed by atoms with Crippen LogP contribution in [0.3, 0.4) is 0 Å². The fourth-order valence-electron chi connectivity index (χ4n) is 0.942. The van der Waals surface area contributed by atoms with Gasteiger partial charge in [-0.3, -0.25) is 0 Å². The molecule has 0 bridgehead atoms. The van der Waals surface area contributed by atoms with E-state index >= 15 is 0 Å². The van der Waals surface area contributed by atoms with Crippen LogP contribution in [-0.4, -0.2) is 20.1 Å². The zero-order valence-corrected chi connectivity index (χ0v) is 5.56. The maximum absolute atomic E-state index is 8.79. The Morgan fingerprint density at radius 1 is 1.70 bits per heavy atom. The highest BCUT2D eigenvalue weighted by molar-refractivity contribution is 4.95. The second-order valence-corrected chi connectivity index (χ2v) is 2.74. The Morgan fingerprint density at radius 3 is 3.00 bits per heavy atom. The molecule has 1 saturated carbocycles. The van der Waals surface area contributed by atoms with Gasteiger partial charge in [-0.05, 0) is 18.8 Å². The summed E-state index contributed by atoms with van der Waals surface area (Å²) in [6.07, 6.45) is 4.14. The van der Waals surface area contributed by atoms with Gasteiger partial charge in [-0.25, -0.2) is 4.68 Å². The van der Waals surface area contributed by atoms with Crippen LogP contribution in [0.1, 0.15) is 12.8 Å². The van der Waals surface area contributed by atoms with E-state index in [0.29, 0.717) is 0 Å². The van der Waals surface area contributed by atoms with Crippen LogP contribution in [0.4, 0.5) is 0 Å². The summed E-state index contributed by atoms with van der Waals surface area (Å²) in [5.41, 5.74) is 0. The third kappa shape index (κ3) is 1.10. The quantitative estimate of drug-likeness (QED) is 0.645. The van der Waals surface area contributed by atoms with E-state index in [1.54, 1.807) is 10.9 Å². The van der Waals surface area contributed by atoms with E-state index in [-0.39, 0.29) is 5.88 Å². The number of hydrogen-bond donors (Lipinski definition) is 1. The zero-order valence-electron chi connectivity index (χ0n) is 5.56. The Bertz CT molecular complexity index is 229. The summed E-state index contributed by atoms with van der Waals surface area (Å²) in [5, 5.41) is 16.0. The van der Waals surface area contributed by atoms with E-state index in [0.717, 1.165) is 12.5 Å². The van der Waals surface area contributed by atoms with Crippen molar-refractivity contribution in [3.05, 3.63) is 6.20 Å². The van der Waals surface area contributed by atoms with Crippen molar-refractivity contribution < 1.29 is 5.11 Å². The number of aromatic nitrogens is 3. The van der Waals surface area contributed by atoms with Crippen LogP contribution in [0.25, 0.3) is 0 Å². The van der Waals surface area contributed by atoms with Gasteiger partial charge in [0.2, 0.25) is 0 Å². The van der Waals surface area contributed by atoms with Gasteiger partial charge in [0, 0.05) is 6.54 Å². The topological polar surface area (TPSA) is 50.9 Å². The molecule has 1 fully saturated rings. The monoisotopic (exact) mass is 139 g/mol. The predicted octanol–water partition coefficient (Wildman–Crippen LogP) is 0.394. The molecule has 1 aliphatic carbocycles. The standard InChI is InChI=1S/C6H9N3O/c10-6-4-9(8-7-6)3-5-1-2-5/h4-5,10H,1-3H2. The van der Waals surface area contributed by atoms with Crippen LogP contribution in [-0.2, 0) is 6.54 Å². The Kier molecular flexibility index (Phi) is 1.12. The Hall–Kier alpha value is -1.06. The highest BCUT2D eigenvalue weighted by Crippen LogP contribution is 2.30. The van der Waals surface area contributed by atoms with Crippen molar-refractivity contribution in [1.29, 1.82) is 0 Å². The molecule has 0 unspecified atom stereocenters. The Labute approximate surface area is 58.5 Å². The molecular formula is C6H9N3O. The molecular weight excluding hydrogens is 130 g/mol. The molecule has 54 valence electrons. The van der Waals surface area contributed by atoms with Crippen LogP contribution in [0.5, 0.6) is 5.88 Å². The first-order valence-electron chi connectivity index (χ1n) is 3.44. The molecule has 1 N–H and O–H groups in total. The number of aromatic hydroxyl groups is 1. The summed E-state index contributed by atoms with van der Waals surface area (Å²) in [5.74, 6) is 0.793. The number of hydrogen-bond acceptors (Lipinski definition) is 3. The predicted molar refractivity (Wildman–Crippen MR) is 34.4 cm³/mol. The fourth-order valence-corrected chi connectivity index (χ4v) is 0.942. The molecule has 1 heterocycles. The van der Waals surface area contributed by atoms with Gasteiger partial charge < -0.3 is 5.11 Å². The van der Waals surface area contributed by atoms with Crippen molar-refractivity contribution in [2.75, 3.05) is 0 Å². The van der Waals surface area contributed by atoms with Crippen molar-refractivity contribution in [2.24, 2.45) is 5.92 Å². The average molecular weight is 139 g/mol. The van der Waals surface area contributed by atoms with Crippen molar-refractivity contribution in [3.8, 4) is 5.88 Å². The third-order valence-corrected chi connectivity index (χ3v) is 1.67. The summed E-state index contributed by atoms with van der Waals surface area (Å²) < 4.78 is 1.69. The third-order valence-electron chi connectivity index (χ3n) is 1.67. The summed E-state index contributed by atoms with van der Waals surface area (Å²) in [7, 11) is 0. The second-order valence-electron chi connectivity index (χ2n) is 2.74. The number of rotatable bonds is 2. The molecule has 0 aliphatic heterocycles. The van der Waals surface area contributed by atoms with E-state index in [9.17, 15) is 0 Å². The SMILES string of the molecule is Oc1cn(CC2CC2)nn1. The maximum atomic E-state index is 8.79. The van der Waals surface area contributed by atoms with E-state index in [1.165, 1.54) is 12.8 Å². The van der Waals surface area contributed by atoms with Gasteiger partial charge in [0.25, 0.3) is 5.88 Å². The highest BCUT2D eigenvalue weighted by Gasteiger charge is 2.22. The molecule has 0 spiro atoms. The van der Waals surface area contributed by atoms with Gasteiger partial charge >= 0.3 is 0 Å². The Morgan fingerprint density at radius 2 is 2.50 bits per heavy atom. The van der Waals surface area contributed by atoms with E-state index in [4.69, 9.17) is 5.11 Å². The largest absolute Gasteiger partial charge is 0.491 e. The molecule has 1 aromatic rings. The van der Waals surface area contributed by atoms with Crippen LogP contribution in [0, 0.1) is 5.92 Å². The van der Waals surface area contributed by atoms with Gasteiger partial charge in [-0.1, -0.05) is 10.3 Å². The minimum absolute atomic E-state index is 0.0145. The molecule has 4 nitrogen and oxygen atoms in total. The smallest absolute Gasteiger partial charge is 0.251 e. The van der Waals surface area contributed by atoms with E-state index < -0.39 is 0 Å². The van der Waals surface area contributed by atoms with Crippen molar-refractivity contribution in [3.63, 3.8) is 0 Å². The lowest BCUT2D eigenvalue weighted by Crippen LogP contribution is -1.99. The van der Waals surface area contributed by atoms with Crippen LogP contribution >= 0.6 is 0 Å². The van der Waals surface area contributed by atoms with E-state index in [1.807, 2.05) is 0 Å². The summed E-state index contributed by atoms with van der Waals surface area (Å²) in [4.78, 5) is 0. The zero-order chi connectivity index (χ0) is 6.97. The van der Waals surface area contributed by atoms with Gasteiger partial charge in [0.15, 0.2) is 0 Å². The Balaban J connectivity index is 2.03. The van der Waals surface area contributed by atoms with Gasteiger partial charge in [-0.15, -0.1) is 0 Å². The van der Waals surface area contributed by atoms with E-state index in [2.05, 4.69) is 10.3 Å². The van der Waals surface area contributed by atoms with Gasteiger partial charge in [-0.2, -0.15) is 0 Å². The van der Waals surface area contributed by atoms with Gasteiger partial charge in [0.1, 0.15) is 0 Å². The minimum Gasteiger partial charge on any atom is -0.491 e. The van der Waals surface area contributed by atoms with Gasteiger partial charge in [0.05, 0.1) is 6.20 Å². The first kappa shape index (κ1) is 5.70. The molecule has 2 rings (SSSR count). The first-order valence-corrected chi connectivity index (χ1v) is 3.44. The average Bonchev–Trinajstić information content (AvgIpc) is 2.59. The molecule has 0 aromatic carbocycles. The highest BCUT2D eigenvalue weighted by atomic mass is 16.3. The second kappa shape index (κ2) is 1.97. The minimum atomic E-state index is 0.0145. The van der Waals surface area contributed by atoms with Crippen molar-refractivity contribution >= 4 is 0 Å².